The van der Waals surface area contributed by atoms with Gasteiger partial charge in [0.25, 0.3) is 0 Å². The molecule has 1 unspecified atom stereocenters. The third kappa shape index (κ3) is 3.64. The van der Waals surface area contributed by atoms with Gasteiger partial charge >= 0.3 is 0 Å². The van der Waals surface area contributed by atoms with E-state index in [4.69, 9.17) is 22.1 Å². The van der Waals surface area contributed by atoms with Crippen molar-refractivity contribution in [2.24, 2.45) is 5.73 Å². The number of hydrogen-bond donors (Lipinski definition) is 1. The molecule has 0 bridgehead atoms. The molecule has 2 atom stereocenters. The average molecular weight is 282 g/mol. The van der Waals surface area contributed by atoms with Crippen LogP contribution >= 0.6 is 11.6 Å². The molecule has 1 aliphatic rings. The first-order valence-electron chi connectivity index (χ1n) is 7.28. The summed E-state index contributed by atoms with van der Waals surface area (Å²) in [5.41, 5.74) is 7.19. The highest BCUT2D eigenvalue weighted by Crippen LogP contribution is 2.41. The molecule has 2 N–H and O–H groups in total. The van der Waals surface area contributed by atoms with Gasteiger partial charge in [-0.05, 0) is 38.0 Å². The largest absolute Gasteiger partial charge is 0.487 e. The summed E-state index contributed by atoms with van der Waals surface area (Å²) in [6.45, 7) is 4.41. The quantitative estimate of drug-likeness (QED) is 0.783. The highest BCUT2D eigenvalue weighted by Gasteiger charge is 2.35. The lowest BCUT2D eigenvalue weighted by Crippen LogP contribution is -2.40. The zero-order chi connectivity index (χ0) is 13.9. The third-order valence-corrected chi connectivity index (χ3v) is 4.17. The zero-order valence-electron chi connectivity index (χ0n) is 11.9. The summed E-state index contributed by atoms with van der Waals surface area (Å²) in [6.07, 6.45) is 6.99. The highest BCUT2D eigenvalue weighted by atomic mass is 35.5. The van der Waals surface area contributed by atoms with Crippen molar-refractivity contribution in [3.8, 4) is 5.75 Å². The molecule has 0 fully saturated rings. The lowest BCUT2D eigenvalue weighted by molar-refractivity contribution is 0.0430. The van der Waals surface area contributed by atoms with Crippen molar-refractivity contribution < 1.29 is 4.74 Å². The summed E-state index contributed by atoms with van der Waals surface area (Å²) in [5, 5.41) is 0.726. The molecular formula is C16H24ClNO. The van der Waals surface area contributed by atoms with Crippen molar-refractivity contribution in [1.82, 2.24) is 0 Å². The van der Waals surface area contributed by atoms with Gasteiger partial charge in [0.1, 0.15) is 11.4 Å². The molecule has 0 aliphatic carbocycles. The molecule has 0 saturated carbocycles. The van der Waals surface area contributed by atoms with Crippen molar-refractivity contribution >= 4 is 11.6 Å². The van der Waals surface area contributed by atoms with Crippen molar-refractivity contribution in [2.45, 2.75) is 64.0 Å². The zero-order valence-corrected chi connectivity index (χ0v) is 12.7. The number of nitrogens with two attached hydrogens (primary N) is 1. The smallest absolute Gasteiger partial charge is 0.125 e. The van der Waals surface area contributed by atoms with Gasteiger partial charge in [0.05, 0.1) is 0 Å². The number of ether oxygens (including phenoxy) is 1. The molecule has 19 heavy (non-hydrogen) atoms. The SMILES string of the molecule is CCCCCCC1(C)C[C@H](N)c2cc(Cl)ccc2O1. The van der Waals surface area contributed by atoms with Gasteiger partial charge in [0.15, 0.2) is 0 Å². The van der Waals surface area contributed by atoms with Crippen molar-refractivity contribution in [1.29, 1.82) is 0 Å². The maximum absolute atomic E-state index is 6.28. The fourth-order valence-corrected chi connectivity index (χ4v) is 3.04. The van der Waals surface area contributed by atoms with Crippen LogP contribution in [0.4, 0.5) is 0 Å². The van der Waals surface area contributed by atoms with E-state index < -0.39 is 0 Å². The molecular weight excluding hydrogens is 258 g/mol. The van der Waals surface area contributed by atoms with Gasteiger partial charge in [-0.3, -0.25) is 0 Å². The second-order valence-corrected chi connectivity index (χ2v) is 6.29. The normalized spacial score (nSPS) is 25.8. The highest BCUT2D eigenvalue weighted by molar-refractivity contribution is 6.30. The second-order valence-electron chi connectivity index (χ2n) is 5.86. The Morgan fingerprint density at radius 3 is 2.89 bits per heavy atom. The molecule has 0 amide bonds. The molecule has 1 aromatic carbocycles. The third-order valence-electron chi connectivity index (χ3n) is 3.94. The van der Waals surface area contributed by atoms with Crippen LogP contribution in [0.15, 0.2) is 18.2 Å². The van der Waals surface area contributed by atoms with E-state index in [1.54, 1.807) is 0 Å². The van der Waals surface area contributed by atoms with Gasteiger partial charge in [0.2, 0.25) is 0 Å². The first-order chi connectivity index (χ1) is 9.04. The van der Waals surface area contributed by atoms with E-state index in [1.165, 1.54) is 25.7 Å². The molecule has 3 heteroatoms. The fourth-order valence-electron chi connectivity index (χ4n) is 2.86. The number of rotatable bonds is 5. The van der Waals surface area contributed by atoms with Gasteiger partial charge in [-0.2, -0.15) is 0 Å². The van der Waals surface area contributed by atoms with E-state index in [1.807, 2.05) is 18.2 Å². The van der Waals surface area contributed by atoms with E-state index in [0.717, 1.165) is 29.2 Å². The standard InChI is InChI=1S/C16H24ClNO/c1-3-4-5-6-9-16(2)11-14(18)13-10-12(17)7-8-15(13)19-16/h7-8,10,14H,3-6,9,11,18H2,1-2H3/t14-,16?/m0/s1. The molecule has 0 aromatic heterocycles. The Bertz CT molecular complexity index is 435. The predicted octanol–water partition coefficient (Wildman–Crippen LogP) is 4.85. The number of hydrogen-bond acceptors (Lipinski definition) is 2. The summed E-state index contributed by atoms with van der Waals surface area (Å²) in [4.78, 5) is 0. The molecule has 1 aromatic rings. The van der Waals surface area contributed by atoms with Crippen LogP contribution in [0.25, 0.3) is 0 Å². The Morgan fingerprint density at radius 1 is 1.37 bits per heavy atom. The van der Waals surface area contributed by atoms with Crippen LogP contribution in [0.3, 0.4) is 0 Å². The lowest BCUT2D eigenvalue weighted by Gasteiger charge is -2.39. The van der Waals surface area contributed by atoms with Gasteiger partial charge in [-0.15, -0.1) is 0 Å². The molecule has 106 valence electrons. The van der Waals surface area contributed by atoms with Gasteiger partial charge < -0.3 is 10.5 Å². The minimum atomic E-state index is -0.131. The van der Waals surface area contributed by atoms with E-state index in [9.17, 15) is 0 Å². The van der Waals surface area contributed by atoms with Crippen LogP contribution < -0.4 is 10.5 Å². The molecule has 0 spiro atoms. The molecule has 2 nitrogen and oxygen atoms in total. The first kappa shape index (κ1) is 14.7. The van der Waals surface area contributed by atoms with Gasteiger partial charge in [0, 0.05) is 23.0 Å². The van der Waals surface area contributed by atoms with Gasteiger partial charge in [-0.25, -0.2) is 0 Å². The van der Waals surface area contributed by atoms with Crippen molar-refractivity contribution in [3.05, 3.63) is 28.8 Å². The van der Waals surface area contributed by atoms with Crippen LogP contribution in [0.1, 0.15) is 64.0 Å². The monoisotopic (exact) mass is 281 g/mol. The first-order valence-corrected chi connectivity index (χ1v) is 7.66. The van der Waals surface area contributed by atoms with Crippen LogP contribution in [0.2, 0.25) is 5.02 Å². The summed E-state index contributed by atoms with van der Waals surface area (Å²) in [7, 11) is 0. The summed E-state index contributed by atoms with van der Waals surface area (Å²) in [6, 6.07) is 5.77. The summed E-state index contributed by atoms with van der Waals surface area (Å²) < 4.78 is 6.19. The number of unbranched alkanes of at least 4 members (excludes halogenated alkanes) is 3. The maximum Gasteiger partial charge on any atom is 0.125 e. The average Bonchev–Trinajstić information content (AvgIpc) is 2.36. The minimum Gasteiger partial charge on any atom is -0.487 e. The molecule has 0 radical (unpaired) electrons. The van der Waals surface area contributed by atoms with Crippen LogP contribution in [0, 0.1) is 0 Å². The number of halogens is 1. The summed E-state index contributed by atoms with van der Waals surface area (Å²) >= 11 is 6.02. The van der Waals surface area contributed by atoms with Crippen LogP contribution in [-0.2, 0) is 0 Å². The number of benzene rings is 1. The van der Waals surface area contributed by atoms with Crippen molar-refractivity contribution in [2.75, 3.05) is 0 Å². The topological polar surface area (TPSA) is 35.2 Å². The second kappa shape index (κ2) is 6.15. The van der Waals surface area contributed by atoms with E-state index in [0.29, 0.717) is 0 Å². The van der Waals surface area contributed by atoms with Crippen LogP contribution in [0.5, 0.6) is 5.75 Å². The van der Waals surface area contributed by atoms with E-state index >= 15 is 0 Å². The fraction of sp³-hybridized carbons (Fsp3) is 0.625. The molecule has 1 aliphatic heterocycles. The maximum atomic E-state index is 6.28. The summed E-state index contributed by atoms with van der Waals surface area (Å²) in [5.74, 6) is 0.904. The Labute approximate surface area is 121 Å². The molecule has 1 heterocycles. The number of fused-ring (bicyclic) bond motifs is 1. The van der Waals surface area contributed by atoms with E-state index in [-0.39, 0.29) is 11.6 Å². The minimum absolute atomic E-state index is 0.0265. The van der Waals surface area contributed by atoms with Crippen molar-refractivity contribution in [3.63, 3.8) is 0 Å². The Balaban J connectivity index is 2.04. The lowest BCUT2D eigenvalue weighted by atomic mass is 9.85. The Kier molecular flexibility index (Phi) is 4.75. The molecule has 0 saturated heterocycles. The van der Waals surface area contributed by atoms with Crippen LogP contribution in [-0.4, -0.2) is 5.60 Å². The predicted molar refractivity (Wildman–Crippen MR) is 80.8 cm³/mol. The van der Waals surface area contributed by atoms with Gasteiger partial charge in [-0.1, -0.05) is 37.8 Å². The van der Waals surface area contributed by atoms with E-state index in [2.05, 4.69) is 13.8 Å². The Hall–Kier alpha value is -0.730. The Morgan fingerprint density at radius 2 is 2.16 bits per heavy atom. The molecule has 2 rings (SSSR count).